The summed E-state index contributed by atoms with van der Waals surface area (Å²) in [6.45, 7) is 3.41. The fourth-order valence-corrected chi connectivity index (χ4v) is 4.35. The number of benzene rings is 1. The lowest BCUT2D eigenvalue weighted by molar-refractivity contribution is 0.0694. The Bertz CT molecular complexity index is 663. The molecule has 8 heteroatoms. The van der Waals surface area contributed by atoms with Crippen LogP contribution in [0.15, 0.2) is 18.2 Å². The zero-order valence-electron chi connectivity index (χ0n) is 12.3. The first-order chi connectivity index (χ1) is 10.3. The van der Waals surface area contributed by atoms with Crippen molar-refractivity contribution in [1.82, 2.24) is 9.62 Å². The second-order valence-electron chi connectivity index (χ2n) is 5.26. The quantitative estimate of drug-likeness (QED) is 0.816. The van der Waals surface area contributed by atoms with Gasteiger partial charge >= 0.3 is 5.97 Å². The van der Waals surface area contributed by atoms with E-state index < -0.39 is 21.2 Å². The van der Waals surface area contributed by atoms with Gasteiger partial charge in [-0.3, -0.25) is 4.90 Å². The number of likely N-dealkylation sites (tertiary alicyclic amines) is 1. The second kappa shape index (κ2) is 6.95. The molecule has 1 fully saturated rings. The van der Waals surface area contributed by atoms with E-state index >= 15 is 0 Å². The van der Waals surface area contributed by atoms with Crippen molar-refractivity contribution >= 4 is 27.6 Å². The van der Waals surface area contributed by atoms with Gasteiger partial charge in [-0.1, -0.05) is 24.6 Å². The summed E-state index contributed by atoms with van der Waals surface area (Å²) in [5.74, 6) is -1.03. The van der Waals surface area contributed by atoms with Gasteiger partial charge in [-0.25, -0.2) is 17.9 Å². The minimum absolute atomic E-state index is 0.158. The summed E-state index contributed by atoms with van der Waals surface area (Å²) in [4.78, 5) is 13.2. The summed E-state index contributed by atoms with van der Waals surface area (Å²) >= 11 is 6.11. The highest BCUT2D eigenvalue weighted by molar-refractivity contribution is 7.90. The van der Waals surface area contributed by atoms with Crippen molar-refractivity contribution < 1.29 is 18.3 Å². The van der Waals surface area contributed by atoms with E-state index in [1.165, 1.54) is 6.07 Å². The first-order valence-electron chi connectivity index (χ1n) is 7.06. The molecule has 1 aliphatic rings. The molecule has 6 nitrogen and oxygen atoms in total. The van der Waals surface area contributed by atoms with Gasteiger partial charge in [0.05, 0.1) is 10.8 Å². The zero-order chi connectivity index (χ0) is 16.3. The smallest absolute Gasteiger partial charge is 0.336 e. The SMILES string of the molecule is CCNS(=O)(=O)C1CCN(Cc2c(Cl)cccc2C(=O)O)C1. The van der Waals surface area contributed by atoms with E-state index in [1.807, 2.05) is 4.90 Å². The van der Waals surface area contributed by atoms with Crippen LogP contribution in [0.25, 0.3) is 0 Å². The average Bonchev–Trinajstić information content (AvgIpc) is 2.90. The highest BCUT2D eigenvalue weighted by Crippen LogP contribution is 2.25. The van der Waals surface area contributed by atoms with Crippen molar-refractivity contribution in [2.24, 2.45) is 0 Å². The zero-order valence-corrected chi connectivity index (χ0v) is 13.8. The maximum atomic E-state index is 12.0. The maximum Gasteiger partial charge on any atom is 0.336 e. The van der Waals surface area contributed by atoms with Gasteiger partial charge in [0.1, 0.15) is 0 Å². The van der Waals surface area contributed by atoms with Gasteiger partial charge in [-0.2, -0.15) is 0 Å². The number of aromatic carboxylic acids is 1. The van der Waals surface area contributed by atoms with Crippen LogP contribution in [0.4, 0.5) is 0 Å². The first-order valence-corrected chi connectivity index (χ1v) is 8.99. The molecule has 1 saturated heterocycles. The first kappa shape index (κ1) is 17.2. The lowest BCUT2D eigenvalue weighted by atomic mass is 10.1. The Hall–Kier alpha value is -1.15. The molecule has 1 aromatic carbocycles. The van der Waals surface area contributed by atoms with E-state index in [0.29, 0.717) is 43.2 Å². The molecule has 0 spiro atoms. The Morgan fingerprint density at radius 2 is 2.23 bits per heavy atom. The molecule has 1 atom stereocenters. The summed E-state index contributed by atoms with van der Waals surface area (Å²) in [7, 11) is -3.31. The highest BCUT2D eigenvalue weighted by Gasteiger charge is 2.33. The van der Waals surface area contributed by atoms with Crippen LogP contribution in [-0.2, 0) is 16.6 Å². The second-order valence-corrected chi connectivity index (χ2v) is 7.71. The topological polar surface area (TPSA) is 86.7 Å². The number of sulfonamides is 1. The number of hydrogen-bond donors (Lipinski definition) is 2. The molecule has 1 aromatic rings. The Kier molecular flexibility index (Phi) is 5.44. The van der Waals surface area contributed by atoms with Crippen LogP contribution in [0.5, 0.6) is 0 Å². The van der Waals surface area contributed by atoms with Crippen LogP contribution < -0.4 is 4.72 Å². The van der Waals surface area contributed by atoms with E-state index in [0.717, 1.165) is 0 Å². The Balaban J connectivity index is 2.13. The van der Waals surface area contributed by atoms with Crippen LogP contribution in [-0.4, -0.2) is 49.3 Å². The molecular formula is C14H19ClN2O4S. The van der Waals surface area contributed by atoms with Gasteiger partial charge in [-0.15, -0.1) is 0 Å². The van der Waals surface area contributed by atoms with E-state index in [9.17, 15) is 18.3 Å². The van der Waals surface area contributed by atoms with Gasteiger partial charge in [0.25, 0.3) is 0 Å². The minimum Gasteiger partial charge on any atom is -0.478 e. The number of carboxylic acids is 1. The summed E-state index contributed by atoms with van der Waals surface area (Å²) < 4.78 is 26.5. The molecule has 0 amide bonds. The van der Waals surface area contributed by atoms with Crippen LogP contribution in [0.1, 0.15) is 29.3 Å². The van der Waals surface area contributed by atoms with E-state index in [2.05, 4.69) is 4.72 Å². The molecule has 0 aromatic heterocycles. The molecule has 0 bridgehead atoms. The third kappa shape index (κ3) is 3.78. The van der Waals surface area contributed by atoms with Gasteiger partial charge in [-0.05, 0) is 30.7 Å². The molecule has 0 saturated carbocycles. The number of nitrogens with zero attached hydrogens (tertiary/aromatic N) is 1. The molecule has 1 unspecified atom stereocenters. The number of hydrogen-bond acceptors (Lipinski definition) is 4. The lowest BCUT2D eigenvalue weighted by Crippen LogP contribution is -2.36. The lowest BCUT2D eigenvalue weighted by Gasteiger charge is -2.18. The van der Waals surface area contributed by atoms with Crippen molar-refractivity contribution in [3.63, 3.8) is 0 Å². The van der Waals surface area contributed by atoms with E-state index in [1.54, 1.807) is 19.1 Å². The van der Waals surface area contributed by atoms with Crippen LogP contribution >= 0.6 is 11.6 Å². The van der Waals surface area contributed by atoms with Gasteiger partial charge in [0.2, 0.25) is 10.0 Å². The standard InChI is InChI=1S/C14H19ClN2O4S/c1-2-16-22(20,21)10-6-7-17(8-10)9-12-11(14(18)19)4-3-5-13(12)15/h3-5,10,16H,2,6-9H2,1H3,(H,18,19). The molecular weight excluding hydrogens is 328 g/mol. The number of rotatable bonds is 6. The van der Waals surface area contributed by atoms with Crippen LogP contribution in [0.2, 0.25) is 5.02 Å². The monoisotopic (exact) mass is 346 g/mol. The van der Waals surface area contributed by atoms with Crippen molar-refractivity contribution in [2.45, 2.75) is 25.1 Å². The summed E-state index contributed by atoms with van der Waals surface area (Å²) in [6, 6.07) is 4.75. The highest BCUT2D eigenvalue weighted by atomic mass is 35.5. The fraction of sp³-hybridized carbons (Fsp3) is 0.500. The number of carboxylic acid groups (broad SMARTS) is 1. The normalized spacial score (nSPS) is 19.5. The van der Waals surface area contributed by atoms with E-state index in [-0.39, 0.29) is 5.56 Å². The third-order valence-corrected chi connectivity index (χ3v) is 6.05. The summed E-state index contributed by atoms with van der Waals surface area (Å²) in [5.41, 5.74) is 0.684. The Morgan fingerprint density at radius 3 is 2.86 bits per heavy atom. The molecule has 1 heterocycles. The molecule has 122 valence electrons. The molecule has 2 rings (SSSR count). The molecule has 2 N–H and O–H groups in total. The van der Waals surface area contributed by atoms with Gasteiger partial charge < -0.3 is 5.11 Å². The van der Waals surface area contributed by atoms with Gasteiger partial charge in [0.15, 0.2) is 0 Å². The Morgan fingerprint density at radius 1 is 1.50 bits per heavy atom. The van der Waals surface area contributed by atoms with Crippen LogP contribution in [0, 0.1) is 0 Å². The predicted octanol–water partition coefficient (Wildman–Crippen LogP) is 1.55. The summed E-state index contributed by atoms with van der Waals surface area (Å²) in [6.07, 6.45) is 0.530. The fourth-order valence-electron chi connectivity index (χ4n) is 2.66. The molecule has 0 radical (unpaired) electrons. The van der Waals surface area contributed by atoms with Crippen molar-refractivity contribution in [1.29, 1.82) is 0 Å². The van der Waals surface area contributed by atoms with Crippen LogP contribution in [0.3, 0.4) is 0 Å². The predicted molar refractivity (Wildman–Crippen MR) is 84.7 cm³/mol. The van der Waals surface area contributed by atoms with Gasteiger partial charge in [0, 0.05) is 24.7 Å². The number of halogens is 1. The average molecular weight is 347 g/mol. The number of nitrogens with one attached hydrogen (secondary N) is 1. The minimum atomic E-state index is -3.31. The third-order valence-electron chi connectivity index (χ3n) is 3.74. The summed E-state index contributed by atoms with van der Waals surface area (Å²) in [5, 5.41) is 9.15. The number of carbonyl (C=O) groups is 1. The maximum absolute atomic E-state index is 12.0. The van der Waals surface area contributed by atoms with Crippen molar-refractivity contribution in [3.8, 4) is 0 Å². The molecule has 1 aliphatic heterocycles. The molecule has 22 heavy (non-hydrogen) atoms. The van der Waals surface area contributed by atoms with Crippen molar-refractivity contribution in [2.75, 3.05) is 19.6 Å². The Labute approximate surface area is 135 Å². The largest absolute Gasteiger partial charge is 0.478 e. The molecule has 0 aliphatic carbocycles. The van der Waals surface area contributed by atoms with E-state index in [4.69, 9.17) is 11.6 Å². The van der Waals surface area contributed by atoms with Crippen molar-refractivity contribution in [3.05, 3.63) is 34.3 Å².